The SMILES string of the molecule is CC(C)(CNC(=O)C1(C(=O)O)CC1)C(N)=O. The van der Waals surface area contributed by atoms with Crippen LogP contribution in [-0.4, -0.2) is 29.4 Å². The molecule has 1 aliphatic carbocycles. The van der Waals surface area contributed by atoms with Crippen molar-refractivity contribution in [2.24, 2.45) is 16.6 Å². The highest BCUT2D eigenvalue weighted by molar-refractivity contribution is 6.04. The number of carboxylic acids is 1. The molecule has 1 saturated carbocycles. The van der Waals surface area contributed by atoms with E-state index in [-0.39, 0.29) is 6.54 Å². The number of hydrogen-bond acceptors (Lipinski definition) is 3. The first-order chi connectivity index (χ1) is 7.22. The second-order valence-electron chi connectivity index (χ2n) is 4.82. The zero-order chi connectivity index (χ0) is 12.6. The van der Waals surface area contributed by atoms with Crippen molar-refractivity contribution in [1.82, 2.24) is 5.32 Å². The summed E-state index contributed by atoms with van der Waals surface area (Å²) in [5.74, 6) is -2.18. The van der Waals surface area contributed by atoms with E-state index < -0.39 is 28.6 Å². The fraction of sp³-hybridized carbons (Fsp3) is 0.700. The van der Waals surface area contributed by atoms with E-state index in [1.54, 1.807) is 13.8 Å². The number of carbonyl (C=O) groups is 3. The molecular formula is C10H16N2O4. The van der Waals surface area contributed by atoms with Gasteiger partial charge in [-0.05, 0) is 26.7 Å². The third-order valence-electron chi connectivity index (χ3n) is 2.95. The largest absolute Gasteiger partial charge is 0.480 e. The standard InChI is InChI=1S/C10H16N2O4/c1-9(2,6(11)13)5-12-7(14)10(3-4-10)8(15)16/h3-5H2,1-2H3,(H2,11,13)(H,12,14)(H,15,16). The van der Waals surface area contributed by atoms with Crippen molar-refractivity contribution in [2.75, 3.05) is 6.54 Å². The Hall–Kier alpha value is -1.59. The van der Waals surface area contributed by atoms with Crippen LogP contribution in [0.3, 0.4) is 0 Å². The number of amides is 2. The van der Waals surface area contributed by atoms with Crippen LogP contribution in [0.5, 0.6) is 0 Å². The Labute approximate surface area is 93.2 Å². The first kappa shape index (κ1) is 12.5. The summed E-state index contributed by atoms with van der Waals surface area (Å²) in [6.45, 7) is 3.24. The van der Waals surface area contributed by atoms with Crippen LogP contribution in [0.2, 0.25) is 0 Å². The molecule has 2 amide bonds. The van der Waals surface area contributed by atoms with Gasteiger partial charge in [0.1, 0.15) is 5.41 Å². The Balaban J connectivity index is 2.55. The third kappa shape index (κ3) is 2.15. The van der Waals surface area contributed by atoms with Crippen LogP contribution in [0.15, 0.2) is 0 Å². The van der Waals surface area contributed by atoms with Gasteiger partial charge in [-0.15, -0.1) is 0 Å². The molecule has 1 fully saturated rings. The van der Waals surface area contributed by atoms with E-state index in [4.69, 9.17) is 10.8 Å². The molecule has 0 bridgehead atoms. The first-order valence-corrected chi connectivity index (χ1v) is 5.04. The van der Waals surface area contributed by atoms with Gasteiger partial charge in [0.15, 0.2) is 0 Å². The molecule has 0 unspecified atom stereocenters. The monoisotopic (exact) mass is 228 g/mol. The fourth-order valence-electron chi connectivity index (χ4n) is 1.22. The maximum absolute atomic E-state index is 11.6. The van der Waals surface area contributed by atoms with E-state index in [0.717, 1.165) is 0 Å². The van der Waals surface area contributed by atoms with Crippen molar-refractivity contribution >= 4 is 17.8 Å². The number of aliphatic carboxylic acids is 1. The van der Waals surface area contributed by atoms with E-state index in [1.807, 2.05) is 0 Å². The molecule has 90 valence electrons. The van der Waals surface area contributed by atoms with Crippen molar-refractivity contribution in [3.05, 3.63) is 0 Å². The lowest BCUT2D eigenvalue weighted by Gasteiger charge is -2.21. The van der Waals surface area contributed by atoms with E-state index in [1.165, 1.54) is 0 Å². The quantitative estimate of drug-likeness (QED) is 0.550. The molecule has 4 N–H and O–H groups in total. The molecule has 0 aromatic heterocycles. The molecule has 0 aromatic rings. The molecule has 0 atom stereocenters. The predicted octanol–water partition coefficient (Wildman–Crippen LogP) is -0.521. The highest BCUT2D eigenvalue weighted by Gasteiger charge is 2.57. The molecule has 0 heterocycles. The molecule has 0 radical (unpaired) electrons. The Morgan fingerprint density at radius 3 is 2.19 bits per heavy atom. The van der Waals surface area contributed by atoms with Crippen LogP contribution in [0.4, 0.5) is 0 Å². The number of nitrogens with two attached hydrogens (primary N) is 1. The van der Waals surface area contributed by atoms with E-state index in [9.17, 15) is 14.4 Å². The van der Waals surface area contributed by atoms with Gasteiger partial charge >= 0.3 is 5.97 Å². The van der Waals surface area contributed by atoms with Gasteiger partial charge < -0.3 is 16.2 Å². The van der Waals surface area contributed by atoms with Crippen molar-refractivity contribution in [3.63, 3.8) is 0 Å². The second kappa shape index (κ2) is 3.77. The van der Waals surface area contributed by atoms with Gasteiger partial charge in [0.05, 0.1) is 5.41 Å². The van der Waals surface area contributed by atoms with Gasteiger partial charge in [0.25, 0.3) is 0 Å². The summed E-state index contributed by atoms with van der Waals surface area (Å²) in [5, 5.41) is 11.3. The number of nitrogens with one attached hydrogen (secondary N) is 1. The lowest BCUT2D eigenvalue weighted by molar-refractivity contribution is -0.149. The Bertz CT molecular complexity index is 345. The maximum atomic E-state index is 11.6. The first-order valence-electron chi connectivity index (χ1n) is 5.04. The van der Waals surface area contributed by atoms with Gasteiger partial charge in [0, 0.05) is 6.54 Å². The highest BCUT2D eigenvalue weighted by Crippen LogP contribution is 2.46. The molecule has 0 spiro atoms. The maximum Gasteiger partial charge on any atom is 0.319 e. The second-order valence-corrected chi connectivity index (χ2v) is 4.82. The zero-order valence-corrected chi connectivity index (χ0v) is 9.37. The minimum Gasteiger partial charge on any atom is -0.480 e. The van der Waals surface area contributed by atoms with E-state index >= 15 is 0 Å². The van der Waals surface area contributed by atoms with Crippen LogP contribution in [-0.2, 0) is 14.4 Å². The smallest absolute Gasteiger partial charge is 0.319 e. The number of rotatable bonds is 5. The molecule has 16 heavy (non-hydrogen) atoms. The summed E-state index contributed by atoms with van der Waals surface area (Å²) in [5.41, 5.74) is 2.99. The van der Waals surface area contributed by atoms with Crippen LogP contribution in [0.25, 0.3) is 0 Å². The molecule has 6 heteroatoms. The Morgan fingerprint density at radius 2 is 1.88 bits per heavy atom. The van der Waals surface area contributed by atoms with Crippen LogP contribution in [0.1, 0.15) is 26.7 Å². The summed E-state index contributed by atoms with van der Waals surface area (Å²) < 4.78 is 0. The average molecular weight is 228 g/mol. The molecule has 1 aliphatic rings. The molecule has 0 aromatic carbocycles. The van der Waals surface area contributed by atoms with Crippen LogP contribution < -0.4 is 11.1 Å². The lowest BCUT2D eigenvalue weighted by atomic mass is 9.92. The van der Waals surface area contributed by atoms with E-state index in [0.29, 0.717) is 12.8 Å². The number of carboxylic acid groups (broad SMARTS) is 1. The molecule has 1 rings (SSSR count). The summed E-state index contributed by atoms with van der Waals surface area (Å²) >= 11 is 0. The minimum absolute atomic E-state index is 0.0518. The average Bonchev–Trinajstić information content (AvgIpc) is 2.94. The number of primary amides is 1. The summed E-state index contributed by atoms with van der Waals surface area (Å²) in [6, 6.07) is 0. The van der Waals surface area contributed by atoms with Gasteiger partial charge in [-0.1, -0.05) is 0 Å². The Kier molecular flexibility index (Phi) is 2.94. The normalized spacial score (nSPS) is 17.6. The third-order valence-corrected chi connectivity index (χ3v) is 2.95. The highest BCUT2D eigenvalue weighted by atomic mass is 16.4. The molecular weight excluding hydrogens is 212 g/mol. The van der Waals surface area contributed by atoms with Crippen molar-refractivity contribution in [1.29, 1.82) is 0 Å². The number of carbonyl (C=O) groups excluding carboxylic acids is 2. The number of hydrogen-bond donors (Lipinski definition) is 3. The summed E-state index contributed by atoms with van der Waals surface area (Å²) in [4.78, 5) is 33.4. The predicted molar refractivity (Wildman–Crippen MR) is 55.3 cm³/mol. The van der Waals surface area contributed by atoms with Crippen LogP contribution in [0, 0.1) is 10.8 Å². The topological polar surface area (TPSA) is 109 Å². The molecule has 0 saturated heterocycles. The van der Waals surface area contributed by atoms with Crippen LogP contribution >= 0.6 is 0 Å². The fourth-order valence-corrected chi connectivity index (χ4v) is 1.22. The molecule has 6 nitrogen and oxygen atoms in total. The van der Waals surface area contributed by atoms with Gasteiger partial charge in [0.2, 0.25) is 11.8 Å². The van der Waals surface area contributed by atoms with Crippen molar-refractivity contribution in [3.8, 4) is 0 Å². The van der Waals surface area contributed by atoms with Gasteiger partial charge in [-0.3, -0.25) is 14.4 Å². The van der Waals surface area contributed by atoms with Crippen molar-refractivity contribution < 1.29 is 19.5 Å². The summed E-state index contributed by atoms with van der Waals surface area (Å²) in [7, 11) is 0. The Morgan fingerprint density at radius 1 is 1.38 bits per heavy atom. The van der Waals surface area contributed by atoms with Gasteiger partial charge in [-0.25, -0.2) is 0 Å². The van der Waals surface area contributed by atoms with Crippen molar-refractivity contribution in [2.45, 2.75) is 26.7 Å². The van der Waals surface area contributed by atoms with E-state index in [2.05, 4.69) is 5.32 Å². The minimum atomic E-state index is -1.27. The van der Waals surface area contributed by atoms with Gasteiger partial charge in [-0.2, -0.15) is 0 Å². The lowest BCUT2D eigenvalue weighted by Crippen LogP contribution is -2.46. The molecule has 0 aliphatic heterocycles. The summed E-state index contributed by atoms with van der Waals surface area (Å²) in [6.07, 6.45) is 0.705. The zero-order valence-electron chi connectivity index (χ0n) is 9.37.